The van der Waals surface area contributed by atoms with Gasteiger partial charge in [0.2, 0.25) is 5.91 Å². The number of carboxylic acids is 1. The molecule has 1 aromatic carbocycles. The molecule has 168 valence electrons. The topological polar surface area (TPSA) is 95.9 Å². The van der Waals surface area contributed by atoms with E-state index >= 15 is 0 Å². The summed E-state index contributed by atoms with van der Waals surface area (Å²) in [6, 6.07) is 11.0. The number of rotatable bonds is 12. The summed E-state index contributed by atoms with van der Waals surface area (Å²) in [6.45, 7) is 2.53. The zero-order valence-electron chi connectivity index (χ0n) is 17.9. The van der Waals surface area contributed by atoms with Gasteiger partial charge in [0.25, 0.3) is 0 Å². The third-order valence-electron chi connectivity index (χ3n) is 5.60. The predicted molar refractivity (Wildman–Crippen MR) is 120 cm³/mol. The number of thiophene rings is 1. The number of carbonyl (C=O) groups excluding carboxylic acids is 1. The number of benzene rings is 1. The Balaban J connectivity index is 1.71. The smallest absolute Gasteiger partial charge is 0.345 e. The Morgan fingerprint density at radius 3 is 2.52 bits per heavy atom. The van der Waals surface area contributed by atoms with Gasteiger partial charge in [-0.3, -0.25) is 4.79 Å². The minimum atomic E-state index is -0.959. The van der Waals surface area contributed by atoms with Gasteiger partial charge in [0.15, 0.2) is 0 Å². The van der Waals surface area contributed by atoms with Gasteiger partial charge < -0.3 is 20.3 Å². The Bertz CT molecular complexity index is 863. The molecule has 6 nitrogen and oxygen atoms in total. The van der Waals surface area contributed by atoms with Gasteiger partial charge in [-0.1, -0.05) is 56.9 Å². The molecule has 3 N–H and O–H groups in total. The van der Waals surface area contributed by atoms with Crippen molar-refractivity contribution in [2.75, 3.05) is 6.61 Å². The van der Waals surface area contributed by atoms with Crippen LogP contribution in [0.2, 0.25) is 0 Å². The number of aliphatic hydroxyl groups excluding tert-OH is 1. The molecule has 1 aromatic heterocycles. The van der Waals surface area contributed by atoms with Gasteiger partial charge in [-0.25, -0.2) is 4.79 Å². The second-order valence-electron chi connectivity index (χ2n) is 8.06. The van der Waals surface area contributed by atoms with Crippen LogP contribution in [-0.4, -0.2) is 34.7 Å². The number of unbranched alkanes of at least 4 members (excludes halogenated alkanes) is 3. The van der Waals surface area contributed by atoms with Gasteiger partial charge in [0, 0.05) is 11.3 Å². The van der Waals surface area contributed by atoms with Crippen LogP contribution in [0.5, 0.6) is 0 Å². The summed E-state index contributed by atoms with van der Waals surface area (Å²) in [4.78, 5) is 23.9. The molecule has 2 unspecified atom stereocenters. The highest BCUT2D eigenvalue weighted by Crippen LogP contribution is 2.33. The third kappa shape index (κ3) is 6.63. The molecule has 3 rings (SSSR count). The standard InChI is InChI=1S/C24H31NO5S/c1-2-3-4-5-6-19(26)16-7-9-17(10-8-16)23(20-12-13-21(31-20)24(28)29)30-15-18-11-14-22(27)25-18/h7-10,12-13,18-19,23,26H,2-6,11,14-15H2,1H3,(H,25,27)(H,28,29)/t18?,19?,23-/m0/s1. The van der Waals surface area contributed by atoms with E-state index in [1.807, 2.05) is 24.3 Å². The number of carboxylic acid groups (broad SMARTS) is 1. The maximum absolute atomic E-state index is 11.5. The van der Waals surface area contributed by atoms with Crippen LogP contribution in [0.3, 0.4) is 0 Å². The van der Waals surface area contributed by atoms with Gasteiger partial charge in [-0.15, -0.1) is 11.3 Å². The lowest BCUT2D eigenvalue weighted by Crippen LogP contribution is -2.30. The summed E-state index contributed by atoms with van der Waals surface area (Å²) in [6.07, 6.45) is 5.56. The van der Waals surface area contributed by atoms with E-state index in [1.54, 1.807) is 12.1 Å². The van der Waals surface area contributed by atoms with Crippen molar-refractivity contribution in [3.63, 3.8) is 0 Å². The third-order valence-corrected chi connectivity index (χ3v) is 6.72. The number of nitrogens with one attached hydrogen (secondary N) is 1. The van der Waals surface area contributed by atoms with Crippen LogP contribution in [-0.2, 0) is 9.53 Å². The summed E-state index contributed by atoms with van der Waals surface area (Å²) in [7, 11) is 0. The molecular weight excluding hydrogens is 414 g/mol. The second-order valence-corrected chi connectivity index (χ2v) is 9.17. The van der Waals surface area contributed by atoms with Gasteiger partial charge >= 0.3 is 5.97 Å². The Hall–Kier alpha value is -2.22. The first-order valence-corrected chi connectivity index (χ1v) is 11.8. The van der Waals surface area contributed by atoms with Gasteiger partial charge in [-0.05, 0) is 36.1 Å². The fraction of sp³-hybridized carbons (Fsp3) is 0.500. The highest BCUT2D eigenvalue weighted by atomic mass is 32.1. The Kier molecular flexibility index (Phi) is 8.63. The second kappa shape index (κ2) is 11.4. The lowest BCUT2D eigenvalue weighted by Gasteiger charge is -2.20. The first-order valence-electron chi connectivity index (χ1n) is 11.0. The molecule has 0 saturated carbocycles. The van der Waals surface area contributed by atoms with E-state index in [1.165, 1.54) is 24.2 Å². The quantitative estimate of drug-likeness (QED) is 0.407. The summed E-state index contributed by atoms with van der Waals surface area (Å²) >= 11 is 1.19. The Morgan fingerprint density at radius 2 is 1.90 bits per heavy atom. The molecule has 1 aliphatic heterocycles. The van der Waals surface area contributed by atoms with Crippen LogP contribution >= 0.6 is 11.3 Å². The largest absolute Gasteiger partial charge is 0.477 e. The van der Waals surface area contributed by atoms with Crippen molar-refractivity contribution in [3.8, 4) is 0 Å². The molecular formula is C24H31NO5S. The molecule has 2 heterocycles. The molecule has 0 aliphatic carbocycles. The monoisotopic (exact) mass is 445 g/mol. The first kappa shape index (κ1) is 23.4. The number of amides is 1. The summed E-state index contributed by atoms with van der Waals surface area (Å²) in [5.74, 6) is -0.925. The van der Waals surface area contributed by atoms with Crippen molar-refractivity contribution in [2.45, 2.75) is 70.1 Å². The predicted octanol–water partition coefficient (Wildman–Crippen LogP) is 4.83. The summed E-state index contributed by atoms with van der Waals surface area (Å²) in [5.41, 5.74) is 1.77. The SMILES string of the molecule is CCCCCCC(O)c1ccc([C@H](OCC2CCC(=O)N2)c2ccc(C(=O)O)s2)cc1. The average Bonchev–Trinajstić information content (AvgIpc) is 3.41. The van der Waals surface area contributed by atoms with Crippen molar-refractivity contribution in [2.24, 2.45) is 0 Å². The number of hydrogen-bond donors (Lipinski definition) is 3. The molecule has 0 radical (unpaired) electrons. The molecule has 0 spiro atoms. The Morgan fingerprint density at radius 1 is 1.16 bits per heavy atom. The highest BCUT2D eigenvalue weighted by Gasteiger charge is 2.25. The van der Waals surface area contributed by atoms with Crippen molar-refractivity contribution < 1.29 is 24.5 Å². The number of aromatic carboxylic acids is 1. The van der Waals surface area contributed by atoms with Crippen molar-refractivity contribution in [1.29, 1.82) is 0 Å². The minimum absolute atomic E-state index is 0.0295. The van der Waals surface area contributed by atoms with Crippen LogP contribution in [0.25, 0.3) is 0 Å². The van der Waals surface area contributed by atoms with Gasteiger partial charge in [0.05, 0.1) is 18.8 Å². The van der Waals surface area contributed by atoms with E-state index < -0.39 is 18.2 Å². The normalized spacial score (nSPS) is 18.0. The lowest BCUT2D eigenvalue weighted by molar-refractivity contribution is -0.119. The van der Waals surface area contributed by atoms with E-state index in [9.17, 15) is 19.8 Å². The van der Waals surface area contributed by atoms with Gasteiger partial charge in [-0.2, -0.15) is 0 Å². The van der Waals surface area contributed by atoms with Crippen molar-refractivity contribution in [1.82, 2.24) is 5.32 Å². The van der Waals surface area contributed by atoms with E-state index in [0.29, 0.717) is 13.0 Å². The lowest BCUT2D eigenvalue weighted by atomic mass is 9.99. The van der Waals surface area contributed by atoms with E-state index in [2.05, 4.69) is 12.2 Å². The number of ether oxygens (including phenoxy) is 1. The van der Waals surface area contributed by atoms with Crippen LogP contribution < -0.4 is 5.32 Å². The fourth-order valence-corrected chi connectivity index (χ4v) is 4.71. The molecule has 7 heteroatoms. The molecule has 1 fully saturated rings. The molecule has 2 aromatic rings. The van der Waals surface area contributed by atoms with Crippen LogP contribution in [0.15, 0.2) is 36.4 Å². The minimum Gasteiger partial charge on any atom is -0.477 e. The van der Waals surface area contributed by atoms with E-state index in [-0.39, 0.29) is 16.8 Å². The molecule has 1 aliphatic rings. The number of hydrogen-bond acceptors (Lipinski definition) is 5. The van der Waals surface area contributed by atoms with E-state index in [0.717, 1.165) is 41.7 Å². The van der Waals surface area contributed by atoms with Crippen LogP contribution in [0.1, 0.15) is 89.8 Å². The zero-order chi connectivity index (χ0) is 22.2. The van der Waals surface area contributed by atoms with Crippen LogP contribution in [0, 0.1) is 0 Å². The van der Waals surface area contributed by atoms with Gasteiger partial charge in [0.1, 0.15) is 11.0 Å². The number of aliphatic hydroxyl groups is 1. The maximum atomic E-state index is 11.5. The molecule has 1 saturated heterocycles. The van der Waals surface area contributed by atoms with Crippen molar-refractivity contribution in [3.05, 3.63) is 57.3 Å². The Labute approximate surface area is 187 Å². The average molecular weight is 446 g/mol. The number of carbonyl (C=O) groups is 2. The summed E-state index contributed by atoms with van der Waals surface area (Å²) in [5, 5.41) is 22.6. The first-order chi connectivity index (χ1) is 15.0. The molecule has 1 amide bonds. The fourth-order valence-electron chi connectivity index (χ4n) is 3.79. The molecule has 0 bridgehead atoms. The summed E-state index contributed by atoms with van der Waals surface area (Å²) < 4.78 is 6.17. The van der Waals surface area contributed by atoms with Crippen molar-refractivity contribution >= 4 is 23.2 Å². The zero-order valence-corrected chi connectivity index (χ0v) is 18.7. The van der Waals surface area contributed by atoms with Crippen LogP contribution in [0.4, 0.5) is 0 Å². The van der Waals surface area contributed by atoms with E-state index in [4.69, 9.17) is 4.74 Å². The molecule has 31 heavy (non-hydrogen) atoms. The highest BCUT2D eigenvalue weighted by molar-refractivity contribution is 7.14. The maximum Gasteiger partial charge on any atom is 0.345 e. The molecule has 3 atom stereocenters.